The Morgan fingerprint density at radius 1 is 1.13 bits per heavy atom. The number of ether oxygens (including phenoxy) is 2. The number of carbonyl (C=O) groups excluding carboxylic acids is 1. The molecule has 1 amide bonds. The summed E-state index contributed by atoms with van der Waals surface area (Å²) in [6.07, 6.45) is 0. The first-order valence-electron chi connectivity index (χ1n) is 9.64. The molecule has 2 aromatic carbocycles. The summed E-state index contributed by atoms with van der Waals surface area (Å²) < 4.78 is 12.6. The number of nitro benzene ring substituents is 1. The highest BCUT2D eigenvalue weighted by Gasteiger charge is 2.25. The van der Waals surface area contributed by atoms with E-state index in [1.807, 2.05) is 6.92 Å². The van der Waals surface area contributed by atoms with E-state index in [9.17, 15) is 14.9 Å². The van der Waals surface area contributed by atoms with E-state index in [1.165, 1.54) is 12.1 Å². The predicted octanol–water partition coefficient (Wildman–Crippen LogP) is 3.94. The number of nitrogens with zero attached hydrogens (tertiary/aromatic N) is 3. The van der Waals surface area contributed by atoms with Gasteiger partial charge in [-0.1, -0.05) is 0 Å². The fraction of sp³-hybridized carbons (Fsp3) is 0.238. The van der Waals surface area contributed by atoms with E-state index in [1.54, 1.807) is 52.8 Å². The van der Waals surface area contributed by atoms with E-state index in [2.05, 4.69) is 10.4 Å². The van der Waals surface area contributed by atoms with Gasteiger partial charge in [-0.05, 0) is 43.3 Å². The molecule has 0 unspecified atom stereocenters. The highest BCUT2D eigenvalue weighted by atomic mass is 32.2. The van der Waals surface area contributed by atoms with Crippen LogP contribution in [0, 0.1) is 10.1 Å². The minimum atomic E-state index is -0.454. The molecule has 2 heterocycles. The van der Waals surface area contributed by atoms with E-state index in [0.717, 1.165) is 28.5 Å². The molecule has 0 aliphatic carbocycles. The second-order valence-electron chi connectivity index (χ2n) is 6.69. The lowest BCUT2D eigenvalue weighted by Gasteiger charge is -2.12. The van der Waals surface area contributed by atoms with Crippen LogP contribution in [0.1, 0.15) is 18.2 Å². The Balaban J connectivity index is 1.48. The number of fused-ring (bicyclic) bond motifs is 1. The molecule has 0 radical (unpaired) electrons. The molecule has 0 saturated heterocycles. The van der Waals surface area contributed by atoms with Gasteiger partial charge in [-0.3, -0.25) is 14.9 Å². The van der Waals surface area contributed by atoms with E-state index >= 15 is 0 Å². The first kappa shape index (κ1) is 20.7. The first-order chi connectivity index (χ1) is 15.0. The van der Waals surface area contributed by atoms with Gasteiger partial charge in [0.1, 0.15) is 17.3 Å². The van der Waals surface area contributed by atoms with Crippen molar-refractivity contribution in [2.75, 3.05) is 18.5 Å². The fourth-order valence-corrected chi connectivity index (χ4v) is 4.19. The molecule has 160 valence electrons. The Hall–Kier alpha value is -3.53. The Kier molecular flexibility index (Phi) is 6.08. The molecule has 31 heavy (non-hydrogen) atoms. The summed E-state index contributed by atoms with van der Waals surface area (Å²) in [4.78, 5) is 23.0. The number of nitro groups is 1. The van der Waals surface area contributed by atoms with Crippen molar-refractivity contribution in [3.05, 3.63) is 69.9 Å². The number of anilines is 1. The molecule has 3 aromatic rings. The molecule has 0 fully saturated rings. The standard InChI is InChI=1S/C21H20N4O5S/c1-2-29-16-7-9-17(10-8-16)30-11-20(26)22-21-18-12-31-13-19(18)23-24(21)14-3-5-15(6-4-14)25(27)28/h3-10H,2,11-13H2,1H3,(H,22,26). The number of hydrogen-bond acceptors (Lipinski definition) is 7. The average Bonchev–Trinajstić information content (AvgIpc) is 3.36. The molecule has 0 saturated carbocycles. The van der Waals surface area contributed by atoms with E-state index in [0.29, 0.717) is 23.9 Å². The van der Waals surface area contributed by atoms with Gasteiger partial charge < -0.3 is 14.8 Å². The Labute approximate surface area is 182 Å². The number of carbonyl (C=O) groups is 1. The van der Waals surface area contributed by atoms with Gasteiger partial charge in [0.05, 0.1) is 22.9 Å². The molecule has 1 N–H and O–H groups in total. The van der Waals surface area contributed by atoms with Crippen molar-refractivity contribution in [2.45, 2.75) is 18.4 Å². The van der Waals surface area contributed by atoms with E-state index in [4.69, 9.17) is 9.47 Å². The molecule has 0 atom stereocenters. The van der Waals surface area contributed by atoms with Crippen LogP contribution >= 0.6 is 11.8 Å². The zero-order chi connectivity index (χ0) is 21.8. The maximum atomic E-state index is 12.6. The molecule has 1 aromatic heterocycles. The minimum Gasteiger partial charge on any atom is -0.494 e. The lowest BCUT2D eigenvalue weighted by atomic mass is 10.2. The molecule has 1 aliphatic heterocycles. The van der Waals surface area contributed by atoms with Crippen molar-refractivity contribution in [1.82, 2.24) is 9.78 Å². The summed E-state index contributed by atoms with van der Waals surface area (Å²) in [6.45, 7) is 2.32. The van der Waals surface area contributed by atoms with Gasteiger partial charge in [-0.2, -0.15) is 16.9 Å². The zero-order valence-electron chi connectivity index (χ0n) is 16.7. The lowest BCUT2D eigenvalue weighted by molar-refractivity contribution is -0.384. The number of hydrogen-bond donors (Lipinski definition) is 1. The largest absolute Gasteiger partial charge is 0.494 e. The highest BCUT2D eigenvalue weighted by Crippen LogP contribution is 2.36. The summed E-state index contributed by atoms with van der Waals surface area (Å²) in [6, 6.07) is 13.1. The molecule has 10 heteroatoms. The van der Waals surface area contributed by atoms with Crippen LogP contribution in [0.3, 0.4) is 0 Å². The molecule has 0 spiro atoms. The molecule has 1 aliphatic rings. The second-order valence-corrected chi connectivity index (χ2v) is 7.68. The van der Waals surface area contributed by atoms with Crippen LogP contribution in [0.2, 0.25) is 0 Å². The minimum absolute atomic E-state index is 0.00616. The number of benzene rings is 2. The second kappa shape index (κ2) is 9.09. The van der Waals surface area contributed by atoms with Crippen molar-refractivity contribution in [2.24, 2.45) is 0 Å². The van der Waals surface area contributed by atoms with Crippen LogP contribution in [0.25, 0.3) is 5.69 Å². The topological polar surface area (TPSA) is 109 Å². The van der Waals surface area contributed by atoms with Crippen molar-refractivity contribution in [3.63, 3.8) is 0 Å². The monoisotopic (exact) mass is 440 g/mol. The summed E-state index contributed by atoms with van der Waals surface area (Å²) in [7, 11) is 0. The van der Waals surface area contributed by atoms with E-state index in [-0.39, 0.29) is 18.2 Å². The molecular formula is C21H20N4O5S. The molecule has 0 bridgehead atoms. The summed E-state index contributed by atoms with van der Waals surface area (Å²) in [5, 5.41) is 18.4. The Morgan fingerprint density at radius 3 is 2.45 bits per heavy atom. The summed E-state index contributed by atoms with van der Waals surface area (Å²) >= 11 is 1.72. The highest BCUT2D eigenvalue weighted by molar-refractivity contribution is 7.98. The maximum Gasteiger partial charge on any atom is 0.269 e. The fourth-order valence-electron chi connectivity index (χ4n) is 3.16. The number of aromatic nitrogens is 2. The van der Waals surface area contributed by atoms with Gasteiger partial charge in [0.2, 0.25) is 0 Å². The third kappa shape index (κ3) is 4.64. The third-order valence-corrected chi connectivity index (χ3v) is 5.59. The quantitative estimate of drug-likeness (QED) is 0.417. The van der Waals surface area contributed by atoms with Crippen LogP contribution in [0.4, 0.5) is 11.5 Å². The Morgan fingerprint density at radius 2 is 1.81 bits per heavy atom. The van der Waals surface area contributed by atoms with Crippen molar-refractivity contribution >= 4 is 29.2 Å². The van der Waals surface area contributed by atoms with Gasteiger partial charge in [0.15, 0.2) is 6.61 Å². The van der Waals surface area contributed by atoms with Gasteiger partial charge in [0, 0.05) is 29.2 Å². The maximum absolute atomic E-state index is 12.6. The number of non-ortho nitro benzene ring substituents is 1. The van der Waals surface area contributed by atoms with Crippen LogP contribution in [0.15, 0.2) is 48.5 Å². The average molecular weight is 440 g/mol. The lowest BCUT2D eigenvalue weighted by Crippen LogP contribution is -2.22. The molecule has 4 rings (SSSR count). The summed E-state index contributed by atoms with van der Waals surface area (Å²) in [5.74, 6) is 3.02. The van der Waals surface area contributed by atoms with Crippen LogP contribution < -0.4 is 14.8 Å². The van der Waals surface area contributed by atoms with Crippen LogP contribution in [-0.2, 0) is 16.3 Å². The molecule has 9 nitrogen and oxygen atoms in total. The zero-order valence-corrected chi connectivity index (χ0v) is 17.6. The number of rotatable bonds is 8. The van der Waals surface area contributed by atoms with Crippen molar-refractivity contribution in [3.8, 4) is 17.2 Å². The number of amides is 1. The van der Waals surface area contributed by atoms with Crippen molar-refractivity contribution < 1.29 is 19.2 Å². The van der Waals surface area contributed by atoms with Gasteiger partial charge in [0.25, 0.3) is 11.6 Å². The summed E-state index contributed by atoms with van der Waals surface area (Å²) in [5.41, 5.74) is 2.48. The SMILES string of the molecule is CCOc1ccc(OCC(=O)Nc2c3c(nn2-c2ccc([N+](=O)[O-])cc2)CSC3)cc1. The predicted molar refractivity (Wildman–Crippen MR) is 117 cm³/mol. The van der Waals surface area contributed by atoms with E-state index < -0.39 is 4.92 Å². The number of thioether (sulfide) groups is 1. The van der Waals surface area contributed by atoms with Crippen molar-refractivity contribution in [1.29, 1.82) is 0 Å². The van der Waals surface area contributed by atoms with Crippen LogP contribution in [-0.4, -0.2) is 33.8 Å². The van der Waals surface area contributed by atoms with Gasteiger partial charge in [-0.15, -0.1) is 0 Å². The van der Waals surface area contributed by atoms with Gasteiger partial charge in [-0.25, -0.2) is 4.68 Å². The molecular weight excluding hydrogens is 420 g/mol. The van der Waals surface area contributed by atoms with Gasteiger partial charge >= 0.3 is 0 Å². The normalized spacial score (nSPS) is 12.3. The smallest absolute Gasteiger partial charge is 0.269 e. The Bertz CT molecular complexity index is 1100. The first-order valence-corrected chi connectivity index (χ1v) is 10.8. The third-order valence-electron chi connectivity index (χ3n) is 4.62. The van der Waals surface area contributed by atoms with Crippen LogP contribution in [0.5, 0.6) is 11.5 Å². The number of nitrogens with one attached hydrogen (secondary N) is 1.